The number of nitrogens with zero attached hydrogens (tertiary/aromatic N) is 2. The van der Waals surface area contributed by atoms with Crippen LogP contribution in [0.15, 0.2) is 29.3 Å². The summed E-state index contributed by atoms with van der Waals surface area (Å²) in [6, 6.07) is 8.33. The number of benzene rings is 1. The molecule has 0 radical (unpaired) electrons. The van der Waals surface area contributed by atoms with Gasteiger partial charge in [0.15, 0.2) is 5.96 Å². The number of alkyl carbamates (subject to hydrolysis) is 1. The molecule has 0 heterocycles. The average Bonchev–Trinajstić information content (AvgIpc) is 2.53. The van der Waals surface area contributed by atoms with Crippen LogP contribution in [0, 0.1) is 0 Å². The molecule has 0 unspecified atom stereocenters. The zero-order valence-electron chi connectivity index (χ0n) is 16.5. The van der Waals surface area contributed by atoms with Crippen LogP contribution in [0.25, 0.3) is 0 Å². The summed E-state index contributed by atoms with van der Waals surface area (Å²) in [7, 11) is 5.75. The molecule has 3 N–H and O–H groups in total. The first kappa shape index (κ1) is 24.3. The van der Waals surface area contributed by atoms with Crippen LogP contribution in [0.4, 0.5) is 10.5 Å². The third-order valence-corrected chi connectivity index (χ3v) is 3.22. The Morgan fingerprint density at radius 3 is 2.15 bits per heavy atom. The lowest BCUT2D eigenvalue weighted by Gasteiger charge is -2.20. The van der Waals surface area contributed by atoms with Crippen LogP contribution in [-0.2, 0) is 11.3 Å². The molecule has 26 heavy (non-hydrogen) atoms. The van der Waals surface area contributed by atoms with Gasteiger partial charge in [0.25, 0.3) is 0 Å². The zero-order valence-corrected chi connectivity index (χ0v) is 18.9. The van der Waals surface area contributed by atoms with Gasteiger partial charge < -0.3 is 25.6 Å². The Hall–Kier alpha value is -1.71. The number of rotatable bonds is 6. The van der Waals surface area contributed by atoms with Crippen LogP contribution in [0.1, 0.15) is 26.3 Å². The minimum atomic E-state index is -0.489. The van der Waals surface area contributed by atoms with E-state index >= 15 is 0 Å². The maximum absolute atomic E-state index is 11.5. The van der Waals surface area contributed by atoms with Gasteiger partial charge in [-0.2, -0.15) is 0 Å². The van der Waals surface area contributed by atoms with Crippen LogP contribution in [0.3, 0.4) is 0 Å². The molecule has 1 aromatic carbocycles. The van der Waals surface area contributed by atoms with E-state index in [-0.39, 0.29) is 24.0 Å². The Morgan fingerprint density at radius 1 is 1.08 bits per heavy atom. The number of amides is 1. The number of ether oxygens (including phenoxy) is 1. The average molecular weight is 477 g/mol. The molecule has 0 aliphatic carbocycles. The molecule has 0 aliphatic rings. The van der Waals surface area contributed by atoms with Gasteiger partial charge >= 0.3 is 6.09 Å². The van der Waals surface area contributed by atoms with E-state index in [0.29, 0.717) is 25.6 Å². The van der Waals surface area contributed by atoms with E-state index < -0.39 is 11.7 Å². The number of halogens is 1. The van der Waals surface area contributed by atoms with Gasteiger partial charge in [0.1, 0.15) is 5.60 Å². The fraction of sp³-hybridized carbons (Fsp3) is 0.556. The topological polar surface area (TPSA) is 78.0 Å². The van der Waals surface area contributed by atoms with Crippen molar-refractivity contribution in [2.75, 3.05) is 39.1 Å². The number of aliphatic imine (C=N–C) groups is 1. The minimum absolute atomic E-state index is 0. The molecular formula is C18H32IN5O2. The summed E-state index contributed by atoms with van der Waals surface area (Å²) in [5.74, 6) is 0.683. The summed E-state index contributed by atoms with van der Waals surface area (Å²) in [6.07, 6.45) is -0.418. The Morgan fingerprint density at radius 2 is 1.65 bits per heavy atom. The van der Waals surface area contributed by atoms with Crippen molar-refractivity contribution >= 4 is 41.7 Å². The van der Waals surface area contributed by atoms with E-state index in [0.717, 1.165) is 0 Å². The van der Waals surface area contributed by atoms with Crippen molar-refractivity contribution in [2.24, 2.45) is 4.99 Å². The lowest BCUT2D eigenvalue weighted by molar-refractivity contribution is 0.0529. The normalized spacial score (nSPS) is 11.2. The third kappa shape index (κ3) is 10.3. The van der Waals surface area contributed by atoms with Gasteiger partial charge in [-0.05, 0) is 38.5 Å². The first-order valence-corrected chi connectivity index (χ1v) is 8.39. The van der Waals surface area contributed by atoms with Crippen LogP contribution < -0.4 is 20.9 Å². The van der Waals surface area contributed by atoms with E-state index in [9.17, 15) is 4.79 Å². The summed E-state index contributed by atoms with van der Waals surface area (Å²) < 4.78 is 5.18. The Bertz CT molecular complexity index is 568. The largest absolute Gasteiger partial charge is 0.444 e. The Labute approximate surface area is 174 Å². The molecule has 0 spiro atoms. The summed E-state index contributed by atoms with van der Waals surface area (Å²) >= 11 is 0. The number of nitrogens with one attached hydrogen (secondary N) is 3. The molecule has 0 fully saturated rings. The van der Waals surface area contributed by atoms with Gasteiger partial charge in [0.2, 0.25) is 0 Å². The molecule has 0 bridgehead atoms. The highest BCUT2D eigenvalue weighted by molar-refractivity contribution is 14.0. The second-order valence-corrected chi connectivity index (χ2v) is 6.84. The van der Waals surface area contributed by atoms with Gasteiger partial charge in [-0.3, -0.25) is 4.99 Å². The Kier molecular flexibility index (Phi) is 11.0. The smallest absolute Gasteiger partial charge is 0.407 e. The van der Waals surface area contributed by atoms with Gasteiger partial charge in [-0.15, -0.1) is 24.0 Å². The van der Waals surface area contributed by atoms with Crippen molar-refractivity contribution in [3.05, 3.63) is 29.8 Å². The highest BCUT2D eigenvalue weighted by Crippen LogP contribution is 2.11. The zero-order chi connectivity index (χ0) is 18.9. The van der Waals surface area contributed by atoms with Crippen molar-refractivity contribution in [3.63, 3.8) is 0 Å². The number of guanidine groups is 1. The SMILES string of the molecule is CN=C(NCCNC(=O)OC(C)(C)C)NCc1ccc(N(C)C)cc1.I. The molecule has 0 saturated carbocycles. The summed E-state index contributed by atoms with van der Waals surface area (Å²) in [5.41, 5.74) is 1.84. The predicted octanol–water partition coefficient (Wildman–Crippen LogP) is 2.56. The van der Waals surface area contributed by atoms with E-state index in [1.807, 2.05) is 34.9 Å². The maximum Gasteiger partial charge on any atom is 0.407 e. The van der Waals surface area contributed by atoms with Gasteiger partial charge in [0, 0.05) is 46.5 Å². The quantitative estimate of drug-likeness (QED) is 0.254. The third-order valence-electron chi connectivity index (χ3n) is 3.22. The number of anilines is 1. The molecule has 1 rings (SSSR count). The van der Waals surface area contributed by atoms with Crippen LogP contribution in [0.2, 0.25) is 0 Å². The molecule has 0 aliphatic heterocycles. The van der Waals surface area contributed by atoms with E-state index in [1.54, 1.807) is 7.05 Å². The van der Waals surface area contributed by atoms with Crippen LogP contribution >= 0.6 is 24.0 Å². The fourth-order valence-corrected chi connectivity index (χ4v) is 1.98. The molecule has 7 nitrogen and oxygen atoms in total. The number of hydrogen-bond donors (Lipinski definition) is 3. The van der Waals surface area contributed by atoms with Crippen molar-refractivity contribution < 1.29 is 9.53 Å². The second kappa shape index (κ2) is 11.8. The molecule has 0 aromatic heterocycles. The first-order valence-electron chi connectivity index (χ1n) is 8.39. The molecule has 1 aromatic rings. The molecule has 8 heteroatoms. The summed E-state index contributed by atoms with van der Waals surface area (Å²) in [6.45, 7) is 7.18. The van der Waals surface area contributed by atoms with Gasteiger partial charge in [0.05, 0.1) is 0 Å². The highest BCUT2D eigenvalue weighted by atomic mass is 127. The second-order valence-electron chi connectivity index (χ2n) is 6.84. The van der Waals surface area contributed by atoms with Crippen molar-refractivity contribution in [1.82, 2.24) is 16.0 Å². The maximum atomic E-state index is 11.5. The van der Waals surface area contributed by atoms with Gasteiger partial charge in [-0.1, -0.05) is 12.1 Å². The minimum Gasteiger partial charge on any atom is -0.444 e. The van der Waals surface area contributed by atoms with E-state index in [2.05, 4.69) is 50.1 Å². The predicted molar refractivity (Wildman–Crippen MR) is 119 cm³/mol. The summed E-state index contributed by atoms with van der Waals surface area (Å²) in [5, 5.41) is 9.09. The van der Waals surface area contributed by atoms with Crippen LogP contribution in [-0.4, -0.2) is 51.9 Å². The van der Waals surface area contributed by atoms with Crippen molar-refractivity contribution in [3.8, 4) is 0 Å². The lowest BCUT2D eigenvalue weighted by Crippen LogP contribution is -2.42. The molecule has 148 valence electrons. The fourth-order valence-electron chi connectivity index (χ4n) is 1.98. The van der Waals surface area contributed by atoms with E-state index in [1.165, 1.54) is 11.3 Å². The van der Waals surface area contributed by atoms with Crippen molar-refractivity contribution in [2.45, 2.75) is 32.9 Å². The monoisotopic (exact) mass is 477 g/mol. The number of carbonyl (C=O) groups excluding carboxylic acids is 1. The molecular weight excluding hydrogens is 445 g/mol. The Balaban J connectivity index is 0.00000625. The van der Waals surface area contributed by atoms with Gasteiger partial charge in [-0.25, -0.2) is 4.79 Å². The van der Waals surface area contributed by atoms with Crippen LogP contribution in [0.5, 0.6) is 0 Å². The van der Waals surface area contributed by atoms with E-state index in [4.69, 9.17) is 4.74 Å². The summed E-state index contributed by atoms with van der Waals surface area (Å²) in [4.78, 5) is 17.8. The first-order chi connectivity index (χ1) is 11.7. The molecule has 0 saturated heterocycles. The standard InChI is InChI=1S/C18H31N5O2.HI/c1-18(2,3)25-17(24)21-12-11-20-16(19-4)22-13-14-7-9-15(10-8-14)23(5)6;/h7-10H,11-13H2,1-6H3,(H,21,24)(H2,19,20,22);1H. The lowest BCUT2D eigenvalue weighted by atomic mass is 10.2. The van der Waals surface area contributed by atoms with Crippen molar-refractivity contribution in [1.29, 1.82) is 0 Å². The number of hydrogen-bond acceptors (Lipinski definition) is 4. The molecule has 1 amide bonds. The highest BCUT2D eigenvalue weighted by Gasteiger charge is 2.15. The molecule has 0 atom stereocenters. The number of carbonyl (C=O) groups is 1.